The lowest BCUT2D eigenvalue weighted by Crippen LogP contribution is -2.28. The fourth-order valence-electron chi connectivity index (χ4n) is 4.34. The van der Waals surface area contributed by atoms with Crippen molar-refractivity contribution in [2.45, 2.75) is 12.0 Å². The number of nitrogens with zero attached hydrogens (tertiary/aromatic N) is 2. The second kappa shape index (κ2) is 12.0. The van der Waals surface area contributed by atoms with E-state index in [9.17, 15) is 22.4 Å². The number of benzene rings is 4. The van der Waals surface area contributed by atoms with Crippen LogP contribution in [0.4, 0.5) is 17.6 Å². The maximum Gasteiger partial charge on any atom is 0.281 e. The van der Waals surface area contributed by atoms with E-state index in [1.807, 2.05) is 24.3 Å². The van der Waals surface area contributed by atoms with Gasteiger partial charge in [-0.25, -0.2) is 22.6 Å². The van der Waals surface area contributed by atoms with E-state index in [-0.39, 0.29) is 17.4 Å². The number of halogens is 4. The van der Waals surface area contributed by atoms with Crippen LogP contribution in [0.5, 0.6) is 11.5 Å². The van der Waals surface area contributed by atoms with E-state index in [0.717, 1.165) is 27.9 Å². The van der Waals surface area contributed by atoms with E-state index >= 15 is 0 Å². The van der Waals surface area contributed by atoms with Crippen LogP contribution in [0.2, 0.25) is 0 Å². The number of methoxy groups -OCH3 is 1. The third kappa shape index (κ3) is 5.82. The Morgan fingerprint density at radius 3 is 2.33 bits per heavy atom. The Hall–Kier alpha value is -4.77. The van der Waals surface area contributed by atoms with Gasteiger partial charge in [-0.05, 0) is 47.5 Å². The molecular formula is C31H23F4N3O3S. The van der Waals surface area contributed by atoms with Gasteiger partial charge in [-0.15, -0.1) is 0 Å². The van der Waals surface area contributed by atoms with Crippen molar-refractivity contribution in [1.82, 2.24) is 5.01 Å². The van der Waals surface area contributed by atoms with Crippen LogP contribution in [0.3, 0.4) is 0 Å². The Morgan fingerprint density at radius 1 is 0.976 bits per heavy atom. The smallest absolute Gasteiger partial charge is 0.281 e. The zero-order valence-corrected chi connectivity index (χ0v) is 22.9. The molecule has 1 aliphatic rings. The maximum absolute atomic E-state index is 14.7. The van der Waals surface area contributed by atoms with E-state index in [1.54, 1.807) is 18.2 Å². The molecule has 5 rings (SSSR count). The van der Waals surface area contributed by atoms with Crippen molar-refractivity contribution in [1.29, 1.82) is 0 Å². The molecule has 11 heteroatoms. The number of para-hydroxylation sites is 1. The van der Waals surface area contributed by atoms with Gasteiger partial charge in [0.2, 0.25) is 0 Å². The third-order valence-corrected chi connectivity index (χ3v) is 7.55. The highest BCUT2D eigenvalue weighted by Gasteiger charge is 2.39. The number of hydrogen-bond donors (Lipinski definition) is 1. The van der Waals surface area contributed by atoms with Gasteiger partial charge in [0.05, 0.1) is 7.11 Å². The lowest BCUT2D eigenvalue weighted by Gasteiger charge is -2.24. The average Bonchev–Trinajstić information content (AvgIpc) is 3.41. The molecule has 0 spiro atoms. The summed E-state index contributed by atoms with van der Waals surface area (Å²) in [6.07, 6.45) is 0. The molecule has 1 amide bonds. The minimum absolute atomic E-state index is 0.144. The van der Waals surface area contributed by atoms with Crippen LogP contribution < -0.4 is 15.2 Å². The van der Waals surface area contributed by atoms with Crippen molar-refractivity contribution < 1.29 is 31.8 Å². The van der Waals surface area contributed by atoms with E-state index < -0.39 is 40.1 Å². The lowest BCUT2D eigenvalue weighted by atomic mass is 10.1. The zero-order chi connectivity index (χ0) is 30.0. The molecule has 42 heavy (non-hydrogen) atoms. The summed E-state index contributed by atoms with van der Waals surface area (Å²) >= 11 is 1.08. The molecule has 0 radical (unpaired) electrons. The number of carbonyl (C=O) groups is 1. The highest BCUT2D eigenvalue weighted by molar-refractivity contribution is 8.14. The summed E-state index contributed by atoms with van der Waals surface area (Å²) in [5.41, 5.74) is 7.67. The van der Waals surface area contributed by atoms with Gasteiger partial charge in [0, 0.05) is 29.0 Å². The number of hydrogen-bond acceptors (Lipinski definition) is 6. The van der Waals surface area contributed by atoms with Crippen LogP contribution in [-0.4, -0.2) is 23.1 Å². The minimum atomic E-state index is -1.38. The Labute approximate surface area is 243 Å². The highest BCUT2D eigenvalue weighted by Crippen LogP contribution is 2.48. The average molecular weight is 594 g/mol. The summed E-state index contributed by atoms with van der Waals surface area (Å²) in [6, 6.07) is 18.5. The van der Waals surface area contributed by atoms with E-state index in [1.165, 1.54) is 31.4 Å². The van der Waals surface area contributed by atoms with Gasteiger partial charge in [-0.1, -0.05) is 48.7 Å². The van der Waals surface area contributed by atoms with Crippen molar-refractivity contribution >= 4 is 28.4 Å². The molecule has 214 valence electrons. The summed E-state index contributed by atoms with van der Waals surface area (Å²) in [7, 11) is 1.41. The monoisotopic (exact) mass is 593 g/mol. The van der Waals surface area contributed by atoms with Crippen molar-refractivity contribution in [3.8, 4) is 11.5 Å². The molecule has 4 aromatic carbocycles. The van der Waals surface area contributed by atoms with E-state index in [0.29, 0.717) is 34.7 Å². The van der Waals surface area contributed by atoms with Gasteiger partial charge in [-0.3, -0.25) is 4.79 Å². The molecule has 0 saturated heterocycles. The number of amides is 1. The summed E-state index contributed by atoms with van der Waals surface area (Å²) in [5, 5.41) is 4.54. The number of thioether (sulfide) groups is 1. The van der Waals surface area contributed by atoms with Crippen LogP contribution in [-0.2, 0) is 6.61 Å². The second-order valence-electron chi connectivity index (χ2n) is 9.17. The van der Waals surface area contributed by atoms with Crippen molar-refractivity contribution in [2.75, 3.05) is 7.11 Å². The topological polar surface area (TPSA) is 77.2 Å². The van der Waals surface area contributed by atoms with E-state index in [2.05, 4.69) is 11.7 Å². The van der Waals surface area contributed by atoms with Crippen molar-refractivity contribution in [3.63, 3.8) is 0 Å². The normalized spacial score (nSPS) is 14.5. The van der Waals surface area contributed by atoms with Gasteiger partial charge >= 0.3 is 0 Å². The zero-order valence-electron chi connectivity index (χ0n) is 22.1. The fraction of sp³-hybridized carbons (Fsp3) is 0.0968. The molecule has 0 bridgehead atoms. The first-order valence-corrected chi connectivity index (χ1v) is 13.4. The molecule has 2 N–H and O–H groups in total. The SMILES string of the molecule is C=C(N)c1cccc(COc2cccc([C@H]3SC(c4ccc(F)cc4)=NN3C(=O)c3c(F)cc(F)cc3F)c2OC)c1. The van der Waals surface area contributed by atoms with Crippen molar-refractivity contribution in [2.24, 2.45) is 10.8 Å². The van der Waals surface area contributed by atoms with Crippen LogP contribution in [0.1, 0.15) is 38.0 Å². The Balaban J connectivity index is 1.53. The van der Waals surface area contributed by atoms with Gasteiger partial charge in [0.15, 0.2) is 11.5 Å². The van der Waals surface area contributed by atoms with Gasteiger partial charge in [0.25, 0.3) is 5.91 Å². The fourth-order valence-corrected chi connectivity index (χ4v) is 5.51. The molecule has 1 atom stereocenters. The standard InChI is InChI=1S/C31H23F4N3O3S/c1-17(36)20-6-3-5-18(13-20)16-41-26-8-4-7-23(28(26)40-2)31-38(30(39)27-24(34)14-22(33)15-25(27)35)37-29(42-31)19-9-11-21(32)12-10-19/h3-15,31H,1,16,36H2,2H3/t31-/m1/s1. The third-order valence-electron chi connectivity index (χ3n) is 6.34. The number of nitrogens with two attached hydrogens (primary N) is 1. The molecular weight excluding hydrogens is 570 g/mol. The quantitative estimate of drug-likeness (QED) is 0.223. The van der Waals surface area contributed by atoms with Gasteiger partial charge < -0.3 is 15.2 Å². The number of carbonyl (C=O) groups excluding carboxylic acids is 1. The first-order valence-electron chi connectivity index (χ1n) is 12.5. The predicted molar refractivity (Wildman–Crippen MR) is 153 cm³/mol. The molecule has 0 saturated carbocycles. The lowest BCUT2D eigenvalue weighted by molar-refractivity contribution is 0.0737. The molecule has 1 aliphatic heterocycles. The molecule has 0 aliphatic carbocycles. The maximum atomic E-state index is 14.7. The molecule has 4 aromatic rings. The Bertz CT molecular complexity index is 1690. The largest absolute Gasteiger partial charge is 0.492 e. The highest BCUT2D eigenvalue weighted by atomic mass is 32.2. The summed E-state index contributed by atoms with van der Waals surface area (Å²) in [4.78, 5) is 13.6. The predicted octanol–water partition coefficient (Wildman–Crippen LogP) is 7.01. The minimum Gasteiger partial charge on any atom is -0.492 e. The van der Waals surface area contributed by atoms with Crippen LogP contribution in [0.15, 0.2) is 90.5 Å². The molecule has 0 aromatic heterocycles. The van der Waals surface area contributed by atoms with Gasteiger partial charge in [0.1, 0.15) is 45.9 Å². The summed E-state index contributed by atoms with van der Waals surface area (Å²) in [5.74, 6) is -4.97. The molecule has 6 nitrogen and oxygen atoms in total. The van der Waals surface area contributed by atoms with Crippen LogP contribution in [0, 0.1) is 23.3 Å². The van der Waals surface area contributed by atoms with Crippen molar-refractivity contribution in [3.05, 3.63) is 137 Å². The van der Waals surface area contributed by atoms with Crippen LogP contribution >= 0.6 is 11.8 Å². The molecule has 0 unspecified atom stereocenters. The number of rotatable bonds is 8. The second-order valence-corrected chi connectivity index (χ2v) is 10.2. The first-order chi connectivity index (χ1) is 20.2. The van der Waals surface area contributed by atoms with Crippen LogP contribution in [0.25, 0.3) is 5.70 Å². The van der Waals surface area contributed by atoms with E-state index in [4.69, 9.17) is 15.2 Å². The van der Waals surface area contributed by atoms with Gasteiger partial charge in [-0.2, -0.15) is 5.10 Å². The molecule has 0 fully saturated rings. The molecule has 1 heterocycles. The Kier molecular flexibility index (Phi) is 8.21. The summed E-state index contributed by atoms with van der Waals surface area (Å²) in [6.45, 7) is 3.89. The number of hydrazone groups is 1. The number of ether oxygens (including phenoxy) is 2. The first kappa shape index (κ1) is 28.7. The summed E-state index contributed by atoms with van der Waals surface area (Å²) < 4.78 is 68.3. The Morgan fingerprint density at radius 2 is 1.67 bits per heavy atom.